The second-order valence-corrected chi connectivity index (χ2v) is 9.42. The molecule has 2 amide bonds. The van der Waals surface area contributed by atoms with Crippen LogP contribution in [0, 0.1) is 12.8 Å². The van der Waals surface area contributed by atoms with Gasteiger partial charge in [-0.15, -0.1) is 0 Å². The first-order valence-electron chi connectivity index (χ1n) is 12.6. The van der Waals surface area contributed by atoms with Crippen LogP contribution in [-0.2, 0) is 6.54 Å². The highest BCUT2D eigenvalue weighted by atomic mass is 16.2. The molecule has 1 aliphatic heterocycles. The van der Waals surface area contributed by atoms with Gasteiger partial charge < -0.3 is 20.0 Å². The molecule has 1 aliphatic rings. The van der Waals surface area contributed by atoms with Crippen molar-refractivity contribution in [3.05, 3.63) is 41.6 Å². The first kappa shape index (κ1) is 25.1. The predicted molar refractivity (Wildman–Crippen MR) is 136 cm³/mol. The average Bonchev–Trinajstić information content (AvgIpc) is 3.15. The number of piperazine rings is 1. The van der Waals surface area contributed by atoms with Crippen LogP contribution in [0.4, 0.5) is 10.6 Å². The summed E-state index contributed by atoms with van der Waals surface area (Å²) in [6.45, 7) is 17.9. The summed E-state index contributed by atoms with van der Waals surface area (Å²) in [5.41, 5.74) is 3.19. The van der Waals surface area contributed by atoms with Crippen molar-refractivity contribution in [1.82, 2.24) is 24.9 Å². The maximum atomic E-state index is 13.1. The summed E-state index contributed by atoms with van der Waals surface area (Å²) in [6.07, 6.45) is 2.07. The molecule has 7 nitrogen and oxygen atoms in total. The molecule has 0 aliphatic carbocycles. The zero-order valence-electron chi connectivity index (χ0n) is 21.2. The summed E-state index contributed by atoms with van der Waals surface area (Å²) >= 11 is 0. The minimum absolute atomic E-state index is 0.0192. The van der Waals surface area contributed by atoms with Crippen LogP contribution in [0.5, 0.6) is 0 Å². The van der Waals surface area contributed by atoms with Crippen LogP contribution in [-0.4, -0.2) is 71.4 Å². The number of urea groups is 1. The average molecular weight is 455 g/mol. The number of unbranched alkanes of at least 4 members (excludes halogenated alkanes) is 1. The van der Waals surface area contributed by atoms with E-state index in [1.807, 2.05) is 11.0 Å². The molecule has 0 radical (unpaired) electrons. The number of carbonyl (C=O) groups excluding carboxylic acids is 1. The molecule has 3 rings (SSSR count). The molecule has 0 spiro atoms. The lowest BCUT2D eigenvalue weighted by Crippen LogP contribution is -2.47. The van der Waals surface area contributed by atoms with Crippen LogP contribution in [0.25, 0.3) is 5.69 Å². The lowest BCUT2D eigenvalue weighted by atomic mass is 10.1. The highest BCUT2D eigenvalue weighted by Gasteiger charge is 2.27. The van der Waals surface area contributed by atoms with Gasteiger partial charge in [0.15, 0.2) is 0 Å². The number of likely N-dealkylation sites (N-methyl/N-ethyl adjacent to an activating group) is 1. The Morgan fingerprint density at radius 1 is 1.12 bits per heavy atom. The number of hydrogen-bond donors (Lipinski definition) is 1. The molecule has 1 N–H and O–H groups in total. The van der Waals surface area contributed by atoms with Gasteiger partial charge in [-0.25, -0.2) is 9.48 Å². The number of rotatable bonds is 10. The van der Waals surface area contributed by atoms with Crippen LogP contribution >= 0.6 is 0 Å². The third kappa shape index (κ3) is 6.50. The van der Waals surface area contributed by atoms with Gasteiger partial charge in [0.05, 0.1) is 17.9 Å². The summed E-state index contributed by atoms with van der Waals surface area (Å²) < 4.78 is 2.08. The van der Waals surface area contributed by atoms with Crippen LogP contribution in [0.15, 0.2) is 30.3 Å². The number of nitrogens with one attached hydrogen (secondary N) is 1. The SMILES string of the molecule is CCCCNC(=O)N(Cc1c(C)nn(-c2ccccc2)c1N1CCN(CC)CC1)CC(C)C. The third-order valence-electron chi connectivity index (χ3n) is 6.31. The Balaban J connectivity index is 1.95. The van der Waals surface area contributed by atoms with Crippen LogP contribution in [0.3, 0.4) is 0 Å². The number of nitrogens with zero attached hydrogens (tertiary/aromatic N) is 5. The molecule has 0 bridgehead atoms. The van der Waals surface area contributed by atoms with E-state index in [-0.39, 0.29) is 6.03 Å². The minimum atomic E-state index is 0.0192. The molecule has 0 unspecified atom stereocenters. The Bertz CT molecular complexity index is 870. The van der Waals surface area contributed by atoms with Gasteiger partial charge in [0.2, 0.25) is 0 Å². The summed E-state index contributed by atoms with van der Waals surface area (Å²) in [7, 11) is 0. The zero-order valence-corrected chi connectivity index (χ0v) is 21.2. The number of anilines is 1. The van der Waals surface area contributed by atoms with Crippen molar-refractivity contribution < 1.29 is 4.79 Å². The normalized spacial score (nSPS) is 14.7. The van der Waals surface area contributed by atoms with Gasteiger partial charge in [-0.1, -0.05) is 52.3 Å². The fourth-order valence-corrected chi connectivity index (χ4v) is 4.42. The Morgan fingerprint density at radius 3 is 2.42 bits per heavy atom. The van der Waals surface area contributed by atoms with E-state index in [0.29, 0.717) is 12.5 Å². The number of benzene rings is 1. The summed E-state index contributed by atoms with van der Waals surface area (Å²) in [6, 6.07) is 10.4. The number of amides is 2. The summed E-state index contributed by atoms with van der Waals surface area (Å²) in [4.78, 5) is 20.0. The van der Waals surface area contributed by atoms with Gasteiger partial charge in [-0.2, -0.15) is 5.10 Å². The number of para-hydroxylation sites is 1. The maximum Gasteiger partial charge on any atom is 0.317 e. The van der Waals surface area contributed by atoms with Crippen molar-refractivity contribution >= 4 is 11.8 Å². The second-order valence-electron chi connectivity index (χ2n) is 9.42. The molecule has 33 heavy (non-hydrogen) atoms. The first-order valence-corrected chi connectivity index (χ1v) is 12.6. The van der Waals surface area contributed by atoms with Gasteiger partial charge in [0, 0.05) is 44.8 Å². The fourth-order valence-electron chi connectivity index (χ4n) is 4.42. The summed E-state index contributed by atoms with van der Waals surface area (Å²) in [5, 5.41) is 8.08. The molecular weight excluding hydrogens is 412 g/mol. The van der Waals surface area contributed by atoms with Crippen molar-refractivity contribution in [3.63, 3.8) is 0 Å². The number of aryl methyl sites for hydroxylation is 1. The Labute approximate surface area is 199 Å². The summed E-state index contributed by atoms with van der Waals surface area (Å²) in [5.74, 6) is 1.52. The highest BCUT2D eigenvalue weighted by Crippen LogP contribution is 2.30. The van der Waals surface area contributed by atoms with Crippen molar-refractivity contribution in [2.75, 3.05) is 50.7 Å². The Hall–Kier alpha value is -2.54. The van der Waals surface area contributed by atoms with E-state index in [1.54, 1.807) is 0 Å². The molecule has 182 valence electrons. The Kier molecular flexibility index (Phi) is 9.18. The lowest BCUT2D eigenvalue weighted by molar-refractivity contribution is 0.187. The fraction of sp³-hybridized carbons (Fsp3) is 0.615. The first-order chi connectivity index (χ1) is 15.9. The number of aromatic nitrogens is 2. The lowest BCUT2D eigenvalue weighted by Gasteiger charge is -2.36. The highest BCUT2D eigenvalue weighted by molar-refractivity contribution is 5.74. The standard InChI is InChI=1S/C26H42N6O/c1-6-8-14-27-26(33)31(19-21(3)4)20-24-22(5)28-32(23-12-10-9-11-13-23)25(24)30-17-15-29(7-2)16-18-30/h9-13,21H,6-8,14-20H2,1-5H3,(H,27,33). The molecule has 0 saturated carbocycles. The molecule has 0 atom stereocenters. The minimum Gasteiger partial charge on any atom is -0.354 e. The van der Waals surface area contributed by atoms with Crippen LogP contribution in [0.2, 0.25) is 0 Å². The zero-order chi connectivity index (χ0) is 23.8. The smallest absolute Gasteiger partial charge is 0.317 e. The quantitative estimate of drug-likeness (QED) is 0.544. The predicted octanol–water partition coefficient (Wildman–Crippen LogP) is 4.29. The van der Waals surface area contributed by atoms with E-state index in [2.05, 4.69) is 78.7 Å². The number of carbonyl (C=O) groups is 1. The van der Waals surface area contributed by atoms with Gasteiger partial charge >= 0.3 is 6.03 Å². The molecule has 1 aromatic heterocycles. The molecule has 1 fully saturated rings. The topological polar surface area (TPSA) is 56.6 Å². The van der Waals surface area contributed by atoms with Crippen LogP contribution < -0.4 is 10.2 Å². The molecule has 2 aromatic rings. The van der Waals surface area contributed by atoms with Crippen molar-refractivity contribution in [1.29, 1.82) is 0 Å². The largest absolute Gasteiger partial charge is 0.354 e. The van der Waals surface area contributed by atoms with E-state index >= 15 is 0 Å². The van der Waals surface area contributed by atoms with Gasteiger partial charge in [-0.3, -0.25) is 0 Å². The molecular formula is C26H42N6O. The maximum absolute atomic E-state index is 13.1. The van der Waals surface area contributed by atoms with E-state index in [0.717, 1.165) is 81.4 Å². The van der Waals surface area contributed by atoms with Gasteiger partial charge in [0.25, 0.3) is 0 Å². The van der Waals surface area contributed by atoms with E-state index in [9.17, 15) is 4.79 Å². The number of hydrogen-bond acceptors (Lipinski definition) is 4. The van der Waals surface area contributed by atoms with Gasteiger partial charge in [-0.05, 0) is 37.9 Å². The second kappa shape index (κ2) is 12.1. The van der Waals surface area contributed by atoms with E-state index < -0.39 is 0 Å². The van der Waals surface area contributed by atoms with E-state index in [4.69, 9.17) is 5.10 Å². The molecule has 7 heteroatoms. The molecule has 2 heterocycles. The van der Waals surface area contributed by atoms with Crippen molar-refractivity contribution in [2.45, 2.75) is 54.0 Å². The van der Waals surface area contributed by atoms with Gasteiger partial charge in [0.1, 0.15) is 5.82 Å². The molecule has 1 aromatic carbocycles. The van der Waals surface area contributed by atoms with Crippen molar-refractivity contribution in [3.8, 4) is 5.69 Å². The van der Waals surface area contributed by atoms with Crippen LogP contribution in [0.1, 0.15) is 51.8 Å². The van der Waals surface area contributed by atoms with E-state index in [1.165, 1.54) is 0 Å². The van der Waals surface area contributed by atoms with Crippen molar-refractivity contribution in [2.24, 2.45) is 5.92 Å². The Morgan fingerprint density at radius 2 is 1.82 bits per heavy atom. The monoisotopic (exact) mass is 454 g/mol. The molecule has 1 saturated heterocycles. The third-order valence-corrected chi connectivity index (χ3v) is 6.31.